The average molecular weight is 322 g/mol. The molecule has 0 aromatic carbocycles. The predicted molar refractivity (Wildman–Crippen MR) is 85.5 cm³/mol. The van der Waals surface area contributed by atoms with Gasteiger partial charge in [-0.2, -0.15) is 0 Å². The molecule has 0 aromatic rings. The number of hydrogen-bond acceptors (Lipinski definition) is 4. The van der Waals surface area contributed by atoms with E-state index in [1.165, 1.54) is 12.8 Å². The molecule has 5 unspecified atom stereocenters. The Balaban J connectivity index is 1.53. The Morgan fingerprint density at radius 3 is 2.39 bits per heavy atom. The number of Topliss-reactive ketones (excluding diaryl/α,β-unsaturated/α-hetero) is 1. The third kappa shape index (κ3) is 2.40. The van der Waals surface area contributed by atoms with Gasteiger partial charge in [0.25, 0.3) is 0 Å². The lowest BCUT2D eigenvalue weighted by molar-refractivity contribution is -0.149. The smallest absolute Gasteiger partial charge is 0.189 e. The van der Waals surface area contributed by atoms with Crippen LogP contribution in [0.1, 0.15) is 57.8 Å². The molecule has 0 aromatic heterocycles. The van der Waals surface area contributed by atoms with E-state index in [1.807, 2.05) is 0 Å². The minimum absolute atomic E-state index is 0.0640. The molecule has 4 nitrogen and oxygen atoms in total. The van der Waals surface area contributed by atoms with Gasteiger partial charge in [-0.05, 0) is 93.3 Å². The zero-order valence-electron chi connectivity index (χ0n) is 13.9. The monoisotopic (exact) mass is 322 g/mol. The van der Waals surface area contributed by atoms with E-state index in [2.05, 4.69) is 0 Å². The minimum atomic E-state index is -1.26. The fourth-order valence-corrected chi connectivity index (χ4v) is 7.00. The quantitative estimate of drug-likeness (QED) is 0.726. The SMILES string of the molecule is O=C(CO)[C@@]1(O)CCC2C3CC[C@@H]4C[C@H](O)CCC4C3CCC21. The first kappa shape index (κ1) is 16.0. The highest BCUT2D eigenvalue weighted by molar-refractivity contribution is 5.88. The summed E-state index contributed by atoms with van der Waals surface area (Å²) in [7, 11) is 0. The average Bonchev–Trinajstić information content (AvgIpc) is 2.92. The van der Waals surface area contributed by atoms with Crippen LogP contribution in [0, 0.1) is 35.5 Å². The molecule has 4 heteroatoms. The van der Waals surface area contributed by atoms with Gasteiger partial charge < -0.3 is 15.3 Å². The molecule has 4 fully saturated rings. The van der Waals surface area contributed by atoms with E-state index in [0.717, 1.165) is 50.4 Å². The molecule has 4 saturated carbocycles. The highest BCUT2D eigenvalue weighted by Gasteiger charge is 2.58. The molecule has 0 heterocycles. The largest absolute Gasteiger partial charge is 0.393 e. The lowest BCUT2D eigenvalue weighted by Gasteiger charge is -2.53. The molecule has 0 amide bonds. The number of aliphatic hydroxyl groups is 3. The second-order valence-electron chi connectivity index (χ2n) is 8.69. The van der Waals surface area contributed by atoms with E-state index in [0.29, 0.717) is 24.2 Å². The number of carbonyl (C=O) groups excluding carboxylic acids is 1. The Hall–Kier alpha value is -0.450. The summed E-state index contributed by atoms with van der Waals surface area (Å²) < 4.78 is 0. The highest BCUT2D eigenvalue weighted by Crippen LogP contribution is 2.60. The molecular weight excluding hydrogens is 292 g/mol. The Bertz CT molecular complexity index is 478. The molecule has 0 bridgehead atoms. The van der Waals surface area contributed by atoms with Gasteiger partial charge in [0.15, 0.2) is 5.78 Å². The first-order valence-electron chi connectivity index (χ1n) is 9.59. The van der Waals surface area contributed by atoms with Gasteiger partial charge in [-0.3, -0.25) is 4.79 Å². The maximum atomic E-state index is 12.1. The van der Waals surface area contributed by atoms with Crippen molar-refractivity contribution in [3.8, 4) is 0 Å². The Morgan fingerprint density at radius 1 is 0.913 bits per heavy atom. The molecular formula is C19H30O4. The van der Waals surface area contributed by atoms with Gasteiger partial charge in [-0.1, -0.05) is 0 Å². The number of hydrogen-bond donors (Lipinski definition) is 3. The zero-order valence-corrected chi connectivity index (χ0v) is 13.9. The van der Waals surface area contributed by atoms with Crippen molar-refractivity contribution in [2.24, 2.45) is 35.5 Å². The van der Waals surface area contributed by atoms with Crippen molar-refractivity contribution in [2.75, 3.05) is 6.61 Å². The molecule has 4 aliphatic carbocycles. The van der Waals surface area contributed by atoms with E-state index in [4.69, 9.17) is 0 Å². The number of fused-ring (bicyclic) bond motifs is 5. The number of rotatable bonds is 2. The Kier molecular flexibility index (Phi) is 4.06. The van der Waals surface area contributed by atoms with Gasteiger partial charge in [0.05, 0.1) is 6.10 Å². The first-order valence-corrected chi connectivity index (χ1v) is 9.59. The Labute approximate surface area is 138 Å². The summed E-state index contributed by atoms with van der Waals surface area (Å²) in [6.45, 7) is -0.531. The maximum absolute atomic E-state index is 12.1. The normalized spacial score (nSPS) is 52.4. The van der Waals surface area contributed by atoms with Crippen molar-refractivity contribution in [1.29, 1.82) is 0 Å². The number of aliphatic hydroxyl groups excluding tert-OH is 2. The second-order valence-corrected chi connectivity index (χ2v) is 8.69. The van der Waals surface area contributed by atoms with E-state index >= 15 is 0 Å². The lowest BCUT2D eigenvalue weighted by atomic mass is 9.53. The predicted octanol–water partition coefficient (Wildman–Crippen LogP) is 1.90. The lowest BCUT2D eigenvalue weighted by Crippen LogP contribution is -2.51. The van der Waals surface area contributed by atoms with Crippen LogP contribution in [0.2, 0.25) is 0 Å². The third-order valence-electron chi connectivity index (χ3n) is 7.96. The summed E-state index contributed by atoms with van der Waals surface area (Å²) in [5.74, 6) is 2.98. The van der Waals surface area contributed by atoms with Gasteiger partial charge >= 0.3 is 0 Å². The van der Waals surface area contributed by atoms with Crippen LogP contribution in [0.15, 0.2) is 0 Å². The van der Waals surface area contributed by atoms with Crippen molar-refractivity contribution >= 4 is 5.78 Å². The van der Waals surface area contributed by atoms with Gasteiger partial charge in [-0.25, -0.2) is 0 Å². The highest BCUT2D eigenvalue weighted by atomic mass is 16.3. The van der Waals surface area contributed by atoms with Crippen molar-refractivity contribution in [3.05, 3.63) is 0 Å². The topological polar surface area (TPSA) is 77.8 Å². The third-order valence-corrected chi connectivity index (χ3v) is 7.96. The van der Waals surface area contributed by atoms with Crippen molar-refractivity contribution in [2.45, 2.75) is 69.5 Å². The fourth-order valence-electron chi connectivity index (χ4n) is 7.00. The van der Waals surface area contributed by atoms with Crippen LogP contribution < -0.4 is 0 Å². The summed E-state index contributed by atoms with van der Waals surface area (Å²) in [6.07, 6.45) is 8.92. The number of ketones is 1. The van der Waals surface area contributed by atoms with Gasteiger partial charge in [0.2, 0.25) is 0 Å². The molecule has 4 rings (SSSR count). The van der Waals surface area contributed by atoms with E-state index < -0.39 is 12.2 Å². The van der Waals surface area contributed by atoms with Gasteiger partial charge in [-0.15, -0.1) is 0 Å². The molecule has 4 aliphatic rings. The molecule has 0 spiro atoms. The van der Waals surface area contributed by atoms with Crippen LogP contribution in [0.5, 0.6) is 0 Å². The summed E-state index contributed by atoms with van der Waals surface area (Å²) in [4.78, 5) is 12.1. The van der Waals surface area contributed by atoms with E-state index in [9.17, 15) is 20.1 Å². The molecule has 0 aliphatic heterocycles. The molecule has 3 N–H and O–H groups in total. The van der Waals surface area contributed by atoms with Crippen LogP contribution in [0.4, 0.5) is 0 Å². The van der Waals surface area contributed by atoms with Crippen LogP contribution >= 0.6 is 0 Å². The minimum Gasteiger partial charge on any atom is -0.393 e. The van der Waals surface area contributed by atoms with Crippen molar-refractivity contribution < 1.29 is 20.1 Å². The first-order chi connectivity index (χ1) is 11.0. The maximum Gasteiger partial charge on any atom is 0.189 e. The number of carbonyl (C=O) groups is 1. The fraction of sp³-hybridized carbons (Fsp3) is 0.947. The van der Waals surface area contributed by atoms with Crippen LogP contribution in [-0.2, 0) is 4.79 Å². The van der Waals surface area contributed by atoms with E-state index in [-0.39, 0.29) is 17.8 Å². The molecule has 0 radical (unpaired) electrons. The van der Waals surface area contributed by atoms with Gasteiger partial charge in [0, 0.05) is 0 Å². The summed E-state index contributed by atoms with van der Waals surface area (Å²) >= 11 is 0. The van der Waals surface area contributed by atoms with Crippen molar-refractivity contribution in [3.63, 3.8) is 0 Å². The standard InChI is InChI=1S/C19H30O4/c20-10-18(22)19(23)8-7-16-15-3-1-11-9-12(21)2-4-13(11)14(15)5-6-17(16)19/h11-17,20-21,23H,1-10H2/t11-,12-,13?,14?,15?,16?,17?,19-/m1/s1. The van der Waals surface area contributed by atoms with Crippen LogP contribution in [0.3, 0.4) is 0 Å². The molecule has 23 heavy (non-hydrogen) atoms. The summed E-state index contributed by atoms with van der Waals surface area (Å²) in [6, 6.07) is 0. The van der Waals surface area contributed by atoms with Crippen molar-refractivity contribution in [1.82, 2.24) is 0 Å². The van der Waals surface area contributed by atoms with E-state index in [1.54, 1.807) is 0 Å². The second kappa shape index (κ2) is 5.82. The Morgan fingerprint density at radius 2 is 1.61 bits per heavy atom. The van der Waals surface area contributed by atoms with Crippen LogP contribution in [-0.4, -0.2) is 39.4 Å². The summed E-state index contributed by atoms with van der Waals surface area (Å²) in [5, 5.41) is 30.1. The molecule has 8 atom stereocenters. The zero-order chi connectivity index (χ0) is 16.2. The molecule has 130 valence electrons. The van der Waals surface area contributed by atoms with Gasteiger partial charge in [0.1, 0.15) is 12.2 Å². The molecule has 0 saturated heterocycles. The van der Waals surface area contributed by atoms with Crippen LogP contribution in [0.25, 0.3) is 0 Å². The summed E-state index contributed by atoms with van der Waals surface area (Å²) in [5.41, 5.74) is -1.26.